The number of aliphatic hydroxyl groups is 1. The summed E-state index contributed by atoms with van der Waals surface area (Å²) in [5.74, 6) is 0.453. The van der Waals surface area contributed by atoms with Crippen molar-refractivity contribution in [3.63, 3.8) is 0 Å². The molecular weight excluding hydrogens is 212 g/mol. The maximum atomic E-state index is 10.7. The molecule has 0 fully saturated rings. The molecule has 5 nitrogen and oxygen atoms in total. The molecule has 0 radical (unpaired) electrons. The standard InChI is InChI=1S/C11H14O5/c1-7(12)16-11(13)8-4-5-9(14-2)10(6-8)15-3/h4-6,11,13H,1-3H3. The fraction of sp³-hybridized carbons (Fsp3) is 0.364. The van der Waals surface area contributed by atoms with Crippen LogP contribution in [0.15, 0.2) is 18.2 Å². The van der Waals surface area contributed by atoms with Gasteiger partial charge in [0.1, 0.15) is 0 Å². The van der Waals surface area contributed by atoms with Crippen molar-refractivity contribution in [2.45, 2.75) is 13.2 Å². The number of methoxy groups -OCH3 is 2. The maximum absolute atomic E-state index is 10.7. The van der Waals surface area contributed by atoms with Crippen LogP contribution in [0.25, 0.3) is 0 Å². The van der Waals surface area contributed by atoms with Crippen LogP contribution in [0, 0.1) is 0 Å². The van der Waals surface area contributed by atoms with Crippen molar-refractivity contribution in [1.29, 1.82) is 0 Å². The van der Waals surface area contributed by atoms with Crippen LogP contribution in [-0.4, -0.2) is 25.3 Å². The summed E-state index contributed by atoms with van der Waals surface area (Å²) >= 11 is 0. The molecule has 0 bridgehead atoms. The van der Waals surface area contributed by atoms with Crippen LogP contribution in [0.3, 0.4) is 0 Å². The number of aliphatic hydroxyl groups excluding tert-OH is 1. The van der Waals surface area contributed by atoms with Crippen molar-refractivity contribution in [1.82, 2.24) is 0 Å². The summed E-state index contributed by atoms with van der Waals surface area (Å²) in [6, 6.07) is 4.77. The fourth-order valence-electron chi connectivity index (χ4n) is 1.23. The number of rotatable bonds is 4. The number of ether oxygens (including phenoxy) is 3. The zero-order valence-electron chi connectivity index (χ0n) is 9.39. The van der Waals surface area contributed by atoms with Gasteiger partial charge in [-0.2, -0.15) is 0 Å². The van der Waals surface area contributed by atoms with Crippen LogP contribution in [0.2, 0.25) is 0 Å². The monoisotopic (exact) mass is 226 g/mol. The summed E-state index contributed by atoms with van der Waals surface area (Å²) < 4.78 is 14.7. The van der Waals surface area contributed by atoms with Crippen molar-refractivity contribution in [3.8, 4) is 11.5 Å². The van der Waals surface area contributed by atoms with E-state index in [2.05, 4.69) is 4.74 Å². The van der Waals surface area contributed by atoms with Crippen molar-refractivity contribution in [2.24, 2.45) is 0 Å². The van der Waals surface area contributed by atoms with E-state index >= 15 is 0 Å². The first kappa shape index (κ1) is 12.3. The van der Waals surface area contributed by atoms with E-state index in [1.165, 1.54) is 21.1 Å². The highest BCUT2D eigenvalue weighted by atomic mass is 16.6. The Labute approximate surface area is 93.6 Å². The van der Waals surface area contributed by atoms with Gasteiger partial charge in [-0.15, -0.1) is 0 Å². The van der Waals surface area contributed by atoms with Gasteiger partial charge in [0.25, 0.3) is 0 Å². The van der Waals surface area contributed by atoms with Crippen LogP contribution in [0.1, 0.15) is 18.8 Å². The second-order valence-corrected chi connectivity index (χ2v) is 3.08. The Morgan fingerprint density at radius 1 is 1.25 bits per heavy atom. The molecule has 1 rings (SSSR count). The Bertz CT molecular complexity index is 375. The van der Waals surface area contributed by atoms with E-state index in [-0.39, 0.29) is 0 Å². The lowest BCUT2D eigenvalue weighted by atomic mass is 10.2. The highest BCUT2D eigenvalue weighted by molar-refractivity contribution is 5.66. The molecule has 1 N–H and O–H groups in total. The molecule has 1 atom stereocenters. The largest absolute Gasteiger partial charge is 0.493 e. The quantitative estimate of drug-likeness (QED) is 0.618. The summed E-state index contributed by atoms with van der Waals surface area (Å²) in [5.41, 5.74) is 0.424. The number of esters is 1. The third kappa shape index (κ3) is 2.87. The van der Waals surface area contributed by atoms with Crippen molar-refractivity contribution in [2.75, 3.05) is 14.2 Å². The first-order valence-corrected chi connectivity index (χ1v) is 4.65. The molecule has 0 saturated carbocycles. The minimum absolute atomic E-state index is 0.424. The number of carbonyl (C=O) groups is 1. The molecule has 0 aromatic heterocycles. The number of hydrogen-bond donors (Lipinski definition) is 1. The Morgan fingerprint density at radius 2 is 1.88 bits per heavy atom. The first-order chi connectivity index (χ1) is 7.58. The molecule has 1 aromatic rings. The van der Waals surface area contributed by atoms with Crippen LogP contribution >= 0.6 is 0 Å². The molecular formula is C11H14O5. The second kappa shape index (κ2) is 5.37. The molecule has 16 heavy (non-hydrogen) atoms. The summed E-state index contributed by atoms with van der Waals surface area (Å²) in [7, 11) is 3.00. The smallest absolute Gasteiger partial charge is 0.305 e. The van der Waals surface area contributed by atoms with Crippen molar-refractivity contribution >= 4 is 5.97 Å². The van der Waals surface area contributed by atoms with Crippen LogP contribution in [-0.2, 0) is 9.53 Å². The van der Waals surface area contributed by atoms with E-state index in [9.17, 15) is 9.90 Å². The molecule has 88 valence electrons. The van der Waals surface area contributed by atoms with E-state index in [4.69, 9.17) is 9.47 Å². The highest BCUT2D eigenvalue weighted by Crippen LogP contribution is 2.30. The summed E-state index contributed by atoms with van der Waals surface area (Å²) in [6.45, 7) is 1.23. The SMILES string of the molecule is COc1ccc(C(O)OC(C)=O)cc1OC. The minimum Gasteiger partial charge on any atom is -0.493 e. The van der Waals surface area contributed by atoms with Gasteiger partial charge >= 0.3 is 5.97 Å². The summed E-state index contributed by atoms with van der Waals surface area (Å²) in [4.78, 5) is 10.7. The predicted molar refractivity (Wildman–Crippen MR) is 56.3 cm³/mol. The summed E-state index contributed by atoms with van der Waals surface area (Å²) in [6.07, 6.45) is -1.29. The van der Waals surface area contributed by atoms with Gasteiger partial charge in [-0.3, -0.25) is 4.79 Å². The van der Waals surface area contributed by atoms with Gasteiger partial charge in [0.2, 0.25) is 6.29 Å². The third-order valence-corrected chi connectivity index (χ3v) is 1.97. The lowest BCUT2D eigenvalue weighted by molar-refractivity contribution is -0.166. The molecule has 0 aliphatic carbocycles. The molecule has 5 heteroatoms. The Hall–Kier alpha value is -1.75. The van der Waals surface area contributed by atoms with Crippen LogP contribution in [0.4, 0.5) is 0 Å². The molecule has 0 saturated heterocycles. The third-order valence-electron chi connectivity index (χ3n) is 1.97. The van der Waals surface area contributed by atoms with Gasteiger partial charge in [-0.1, -0.05) is 0 Å². The topological polar surface area (TPSA) is 65.0 Å². The van der Waals surface area contributed by atoms with Gasteiger partial charge in [0.05, 0.1) is 14.2 Å². The van der Waals surface area contributed by atoms with E-state index in [0.717, 1.165) is 0 Å². The normalized spacial score (nSPS) is 11.8. The van der Waals surface area contributed by atoms with Crippen LogP contribution < -0.4 is 9.47 Å². The lowest BCUT2D eigenvalue weighted by Gasteiger charge is -2.13. The molecule has 0 aliphatic rings. The van der Waals surface area contributed by atoms with E-state index in [1.54, 1.807) is 18.2 Å². The zero-order valence-corrected chi connectivity index (χ0v) is 9.39. The van der Waals surface area contributed by atoms with Gasteiger partial charge in [0, 0.05) is 12.5 Å². The average molecular weight is 226 g/mol. The van der Waals surface area contributed by atoms with Gasteiger partial charge < -0.3 is 19.3 Å². The van der Waals surface area contributed by atoms with Crippen molar-refractivity contribution < 1.29 is 24.1 Å². The van der Waals surface area contributed by atoms with E-state index in [1.807, 2.05) is 0 Å². The summed E-state index contributed by atoms with van der Waals surface area (Å²) in [5, 5.41) is 9.54. The molecule has 1 unspecified atom stereocenters. The predicted octanol–water partition coefficient (Wildman–Crippen LogP) is 1.26. The highest BCUT2D eigenvalue weighted by Gasteiger charge is 2.13. The lowest BCUT2D eigenvalue weighted by Crippen LogP contribution is -2.07. The maximum Gasteiger partial charge on any atom is 0.305 e. The van der Waals surface area contributed by atoms with E-state index in [0.29, 0.717) is 17.1 Å². The fourth-order valence-corrected chi connectivity index (χ4v) is 1.23. The molecule has 1 aromatic carbocycles. The van der Waals surface area contributed by atoms with Gasteiger partial charge in [-0.25, -0.2) is 0 Å². The molecule has 0 amide bonds. The van der Waals surface area contributed by atoms with Gasteiger partial charge in [-0.05, 0) is 18.2 Å². The first-order valence-electron chi connectivity index (χ1n) is 4.65. The zero-order chi connectivity index (χ0) is 12.1. The average Bonchev–Trinajstić information content (AvgIpc) is 2.27. The Balaban J connectivity index is 2.93. The Morgan fingerprint density at radius 3 is 2.38 bits per heavy atom. The molecule has 0 aliphatic heterocycles. The minimum atomic E-state index is -1.29. The number of hydrogen-bond acceptors (Lipinski definition) is 5. The Kier molecular flexibility index (Phi) is 4.13. The van der Waals surface area contributed by atoms with E-state index < -0.39 is 12.3 Å². The molecule has 0 spiro atoms. The number of benzene rings is 1. The number of carbonyl (C=O) groups excluding carboxylic acids is 1. The van der Waals surface area contributed by atoms with Crippen molar-refractivity contribution in [3.05, 3.63) is 23.8 Å². The molecule has 0 heterocycles. The second-order valence-electron chi connectivity index (χ2n) is 3.08. The van der Waals surface area contributed by atoms with Crippen LogP contribution in [0.5, 0.6) is 11.5 Å². The van der Waals surface area contributed by atoms with Gasteiger partial charge in [0.15, 0.2) is 11.5 Å².